The van der Waals surface area contributed by atoms with Crippen LogP contribution < -0.4 is 5.32 Å². The first kappa shape index (κ1) is 11.4. The van der Waals surface area contributed by atoms with E-state index in [1.165, 1.54) is 23.3 Å². The van der Waals surface area contributed by atoms with Gasteiger partial charge in [-0.25, -0.2) is 0 Å². The molecule has 2 aromatic rings. The molecule has 90 valence electrons. The van der Waals surface area contributed by atoms with Gasteiger partial charge in [0.05, 0.1) is 12.7 Å². The smallest absolute Gasteiger partial charge is 0.0752 e. The van der Waals surface area contributed by atoms with Gasteiger partial charge in [0.25, 0.3) is 0 Å². The van der Waals surface area contributed by atoms with Crippen molar-refractivity contribution in [3.63, 3.8) is 0 Å². The van der Waals surface area contributed by atoms with Crippen LogP contribution in [0.3, 0.4) is 0 Å². The van der Waals surface area contributed by atoms with Crippen molar-refractivity contribution in [2.24, 2.45) is 0 Å². The number of halogens is 1. The molecule has 5 heteroatoms. The largest absolute Gasteiger partial charge is 0.310 e. The maximum Gasteiger partial charge on any atom is 0.0752 e. The Balaban J connectivity index is 1.59. The maximum atomic E-state index is 4.39. The number of hydrogen-bond donors (Lipinski definition) is 1. The van der Waals surface area contributed by atoms with E-state index in [1.54, 1.807) is 11.3 Å². The first-order valence-corrected chi connectivity index (χ1v) is 7.44. The van der Waals surface area contributed by atoms with Crippen LogP contribution in [0.4, 0.5) is 0 Å². The summed E-state index contributed by atoms with van der Waals surface area (Å²) >= 11 is 5.23. The molecule has 17 heavy (non-hydrogen) atoms. The minimum Gasteiger partial charge on any atom is -0.310 e. The third kappa shape index (κ3) is 3.18. The van der Waals surface area contributed by atoms with Crippen molar-refractivity contribution in [1.82, 2.24) is 15.1 Å². The predicted molar refractivity (Wildman–Crippen MR) is 73.2 cm³/mol. The molecule has 3 rings (SSSR count). The van der Waals surface area contributed by atoms with E-state index in [4.69, 9.17) is 0 Å². The van der Waals surface area contributed by atoms with Crippen LogP contribution in [0.1, 0.15) is 23.3 Å². The van der Waals surface area contributed by atoms with Gasteiger partial charge in [-0.3, -0.25) is 4.68 Å². The van der Waals surface area contributed by atoms with E-state index in [0.717, 1.165) is 23.6 Å². The molecule has 1 aliphatic rings. The maximum absolute atomic E-state index is 4.39. The summed E-state index contributed by atoms with van der Waals surface area (Å²) in [5, 5.41) is 9.99. The quantitative estimate of drug-likeness (QED) is 0.920. The van der Waals surface area contributed by atoms with Crippen LogP contribution in [-0.4, -0.2) is 15.8 Å². The summed E-state index contributed by atoms with van der Waals surface area (Å²) < 4.78 is 3.16. The van der Waals surface area contributed by atoms with Gasteiger partial charge in [-0.2, -0.15) is 5.10 Å². The molecule has 1 aliphatic carbocycles. The van der Waals surface area contributed by atoms with E-state index >= 15 is 0 Å². The Labute approximate surface area is 113 Å². The van der Waals surface area contributed by atoms with E-state index in [2.05, 4.69) is 44.0 Å². The van der Waals surface area contributed by atoms with Gasteiger partial charge >= 0.3 is 0 Å². The van der Waals surface area contributed by atoms with E-state index in [9.17, 15) is 0 Å². The molecule has 2 heterocycles. The topological polar surface area (TPSA) is 29.9 Å². The highest BCUT2D eigenvalue weighted by Gasteiger charge is 2.20. The van der Waals surface area contributed by atoms with E-state index in [-0.39, 0.29) is 0 Å². The predicted octanol–water partition coefficient (Wildman–Crippen LogP) is 3.01. The van der Waals surface area contributed by atoms with Crippen molar-refractivity contribution in [1.29, 1.82) is 0 Å². The van der Waals surface area contributed by atoms with Gasteiger partial charge < -0.3 is 5.32 Å². The summed E-state index contributed by atoms with van der Waals surface area (Å²) in [4.78, 5) is 1.32. The summed E-state index contributed by atoms with van der Waals surface area (Å²) in [6, 6.07) is 2.90. The molecule has 0 saturated heterocycles. The highest BCUT2D eigenvalue weighted by molar-refractivity contribution is 9.10. The lowest BCUT2D eigenvalue weighted by atomic mass is 10.3. The fourth-order valence-corrected chi connectivity index (χ4v) is 3.17. The van der Waals surface area contributed by atoms with E-state index in [1.807, 2.05) is 10.9 Å². The van der Waals surface area contributed by atoms with Crippen LogP contribution in [0.15, 0.2) is 28.3 Å². The Morgan fingerprint density at radius 2 is 2.41 bits per heavy atom. The number of nitrogens with one attached hydrogen (secondary N) is 1. The highest BCUT2D eigenvalue weighted by atomic mass is 79.9. The Bertz CT molecular complexity index is 501. The van der Waals surface area contributed by atoms with Crippen molar-refractivity contribution < 1.29 is 0 Å². The standard InChI is InChI=1S/C12H14BrN3S/c13-10-3-12(17-8-10)7-16-6-9(5-15-16)4-14-11-1-2-11/h3,5-6,8,11,14H,1-2,4,7H2. The first-order chi connectivity index (χ1) is 8.29. The lowest BCUT2D eigenvalue weighted by Crippen LogP contribution is -2.14. The Kier molecular flexibility index (Phi) is 3.31. The molecule has 3 nitrogen and oxygen atoms in total. The third-order valence-electron chi connectivity index (χ3n) is 2.80. The number of hydrogen-bond acceptors (Lipinski definition) is 3. The molecule has 0 amide bonds. The van der Waals surface area contributed by atoms with Crippen molar-refractivity contribution in [2.75, 3.05) is 0 Å². The lowest BCUT2D eigenvalue weighted by Gasteiger charge is -1.99. The summed E-state index contributed by atoms with van der Waals surface area (Å²) in [6.45, 7) is 1.80. The molecular formula is C12H14BrN3S. The van der Waals surface area contributed by atoms with Crippen LogP contribution in [0.2, 0.25) is 0 Å². The zero-order valence-corrected chi connectivity index (χ0v) is 11.8. The van der Waals surface area contributed by atoms with Gasteiger partial charge in [-0.15, -0.1) is 11.3 Å². The highest BCUT2D eigenvalue weighted by Crippen LogP contribution is 2.21. The molecule has 0 unspecified atom stereocenters. The molecule has 0 radical (unpaired) electrons. The Morgan fingerprint density at radius 3 is 3.12 bits per heavy atom. The molecule has 0 aromatic carbocycles. The molecule has 0 bridgehead atoms. The van der Waals surface area contributed by atoms with E-state index in [0.29, 0.717) is 0 Å². The van der Waals surface area contributed by atoms with Crippen molar-refractivity contribution >= 4 is 27.3 Å². The van der Waals surface area contributed by atoms with Crippen molar-refractivity contribution in [3.8, 4) is 0 Å². The van der Waals surface area contributed by atoms with Gasteiger partial charge in [0.2, 0.25) is 0 Å². The lowest BCUT2D eigenvalue weighted by molar-refractivity contribution is 0.678. The molecule has 1 saturated carbocycles. The Hall–Kier alpha value is -0.650. The third-order valence-corrected chi connectivity index (χ3v) is 4.48. The van der Waals surface area contributed by atoms with Crippen molar-refractivity contribution in [2.45, 2.75) is 32.0 Å². The average molecular weight is 312 g/mol. The monoisotopic (exact) mass is 311 g/mol. The first-order valence-electron chi connectivity index (χ1n) is 5.77. The zero-order chi connectivity index (χ0) is 11.7. The van der Waals surface area contributed by atoms with Crippen LogP contribution in [0, 0.1) is 0 Å². The Morgan fingerprint density at radius 1 is 1.53 bits per heavy atom. The van der Waals surface area contributed by atoms with Gasteiger partial charge in [0.1, 0.15) is 0 Å². The summed E-state index contributed by atoms with van der Waals surface area (Å²) in [5.74, 6) is 0. The molecule has 0 spiro atoms. The molecule has 1 N–H and O–H groups in total. The number of nitrogens with zero attached hydrogens (tertiary/aromatic N) is 2. The fraction of sp³-hybridized carbons (Fsp3) is 0.417. The SMILES string of the molecule is Brc1csc(Cn2cc(CNC3CC3)cn2)c1. The summed E-state index contributed by atoms with van der Waals surface area (Å²) in [5.41, 5.74) is 1.27. The molecule has 0 aliphatic heterocycles. The summed E-state index contributed by atoms with van der Waals surface area (Å²) in [6.07, 6.45) is 6.75. The minimum atomic E-state index is 0.756. The summed E-state index contributed by atoms with van der Waals surface area (Å²) in [7, 11) is 0. The second-order valence-electron chi connectivity index (χ2n) is 4.43. The van der Waals surface area contributed by atoms with Crippen molar-refractivity contribution in [3.05, 3.63) is 38.8 Å². The second kappa shape index (κ2) is 4.92. The minimum absolute atomic E-state index is 0.756. The normalized spacial score (nSPS) is 15.4. The van der Waals surface area contributed by atoms with Crippen LogP contribution >= 0.6 is 27.3 Å². The van der Waals surface area contributed by atoms with Gasteiger partial charge in [0, 0.05) is 39.1 Å². The van der Waals surface area contributed by atoms with Crippen LogP contribution in [-0.2, 0) is 13.1 Å². The number of thiophene rings is 1. The molecule has 0 atom stereocenters. The van der Waals surface area contributed by atoms with Gasteiger partial charge in [-0.05, 0) is 34.8 Å². The molecular weight excluding hydrogens is 298 g/mol. The van der Waals surface area contributed by atoms with Crippen LogP contribution in [0.5, 0.6) is 0 Å². The second-order valence-corrected chi connectivity index (χ2v) is 6.34. The van der Waals surface area contributed by atoms with E-state index < -0.39 is 0 Å². The van der Waals surface area contributed by atoms with Gasteiger partial charge in [0.15, 0.2) is 0 Å². The van der Waals surface area contributed by atoms with Gasteiger partial charge in [-0.1, -0.05) is 0 Å². The average Bonchev–Trinajstić information content (AvgIpc) is 2.90. The zero-order valence-electron chi connectivity index (χ0n) is 9.40. The number of rotatable bonds is 5. The fourth-order valence-electron chi connectivity index (χ4n) is 1.73. The molecule has 1 fully saturated rings. The molecule has 2 aromatic heterocycles. The number of aromatic nitrogens is 2. The van der Waals surface area contributed by atoms with Crippen LogP contribution in [0.25, 0.3) is 0 Å².